The highest BCUT2D eigenvalue weighted by atomic mass is 32.2. The Bertz CT molecular complexity index is 1210. The van der Waals surface area contributed by atoms with Gasteiger partial charge in [0.2, 0.25) is 10.0 Å². The molecule has 9 heteroatoms. The molecule has 0 bridgehead atoms. The molecule has 1 aromatic heterocycles. The molecule has 32 heavy (non-hydrogen) atoms. The highest BCUT2D eigenvalue weighted by molar-refractivity contribution is 7.89. The quantitative estimate of drug-likeness (QED) is 0.566. The molecule has 0 unspecified atom stereocenters. The van der Waals surface area contributed by atoms with Crippen molar-refractivity contribution >= 4 is 26.9 Å². The second kappa shape index (κ2) is 8.93. The summed E-state index contributed by atoms with van der Waals surface area (Å²) in [6, 6.07) is 13.6. The lowest BCUT2D eigenvalue weighted by Gasteiger charge is -2.32. The van der Waals surface area contributed by atoms with Crippen LogP contribution in [0, 0.1) is 0 Å². The predicted molar refractivity (Wildman–Crippen MR) is 121 cm³/mol. The number of sulfonamides is 1. The van der Waals surface area contributed by atoms with Crippen molar-refractivity contribution in [2.45, 2.75) is 11.5 Å². The van der Waals surface area contributed by atoms with Gasteiger partial charge in [-0.1, -0.05) is 0 Å². The molecule has 0 spiro atoms. The predicted octanol–water partition coefficient (Wildman–Crippen LogP) is 2.65. The monoisotopic (exact) mass is 457 g/mol. The minimum Gasteiger partial charge on any atom is -0.486 e. The number of piperazine rings is 1. The first kappa shape index (κ1) is 22.3. The molecule has 3 aromatic rings. The van der Waals surface area contributed by atoms with E-state index in [0.717, 1.165) is 26.2 Å². The molecule has 1 saturated heterocycles. The van der Waals surface area contributed by atoms with Crippen LogP contribution < -0.4 is 4.74 Å². The Balaban J connectivity index is 1.40. The third kappa shape index (κ3) is 4.64. The lowest BCUT2D eigenvalue weighted by molar-refractivity contribution is 0.0664. The van der Waals surface area contributed by atoms with Crippen LogP contribution in [0.3, 0.4) is 0 Å². The van der Waals surface area contributed by atoms with Crippen molar-refractivity contribution in [3.05, 3.63) is 59.9 Å². The number of amides is 1. The summed E-state index contributed by atoms with van der Waals surface area (Å²) < 4.78 is 37.4. The number of carbonyl (C=O) groups excluding carboxylic acids is 1. The van der Waals surface area contributed by atoms with Crippen LogP contribution in [0.1, 0.15) is 16.1 Å². The molecule has 0 radical (unpaired) electrons. The highest BCUT2D eigenvalue weighted by Gasteiger charge is 2.21. The number of hydrogen-bond donors (Lipinski definition) is 0. The van der Waals surface area contributed by atoms with Crippen LogP contribution >= 0.6 is 0 Å². The molecule has 8 nitrogen and oxygen atoms in total. The molecule has 1 aliphatic heterocycles. The average molecular weight is 458 g/mol. The van der Waals surface area contributed by atoms with Gasteiger partial charge in [0.05, 0.1) is 4.90 Å². The van der Waals surface area contributed by atoms with Crippen molar-refractivity contribution in [2.24, 2.45) is 0 Å². The summed E-state index contributed by atoms with van der Waals surface area (Å²) in [7, 11) is 1.54. The Labute approximate surface area is 188 Å². The summed E-state index contributed by atoms with van der Waals surface area (Å²) in [6.45, 7) is 3.42. The molecule has 4 rings (SSSR count). The van der Waals surface area contributed by atoms with Crippen LogP contribution in [0.2, 0.25) is 0 Å². The fraction of sp³-hybridized carbons (Fsp3) is 0.348. The molecule has 1 aliphatic rings. The summed E-state index contributed by atoms with van der Waals surface area (Å²) in [5.41, 5.74) is 1.23. The molecule has 170 valence electrons. The minimum absolute atomic E-state index is 0.0328. The van der Waals surface area contributed by atoms with Crippen molar-refractivity contribution in [1.82, 2.24) is 14.1 Å². The van der Waals surface area contributed by atoms with Gasteiger partial charge < -0.3 is 19.0 Å². The molecule has 2 heterocycles. The van der Waals surface area contributed by atoms with Gasteiger partial charge in [0.15, 0.2) is 0 Å². The van der Waals surface area contributed by atoms with Crippen LogP contribution in [0.15, 0.2) is 57.8 Å². The molecular weight excluding hydrogens is 430 g/mol. The molecule has 1 amide bonds. The second-order valence-corrected chi connectivity index (χ2v) is 10.3. The van der Waals surface area contributed by atoms with Crippen LogP contribution in [0.5, 0.6) is 5.75 Å². The summed E-state index contributed by atoms with van der Waals surface area (Å²) in [4.78, 5) is 16.9. The number of furan rings is 1. The van der Waals surface area contributed by atoms with Gasteiger partial charge in [-0.2, -0.15) is 0 Å². The zero-order valence-corrected chi connectivity index (χ0v) is 19.3. The van der Waals surface area contributed by atoms with E-state index in [2.05, 4.69) is 11.9 Å². The first-order valence-corrected chi connectivity index (χ1v) is 11.8. The number of hydrogen-bond acceptors (Lipinski definition) is 6. The lowest BCUT2D eigenvalue weighted by atomic mass is 10.1. The highest BCUT2D eigenvalue weighted by Crippen LogP contribution is 2.25. The van der Waals surface area contributed by atoms with Crippen molar-refractivity contribution in [3.63, 3.8) is 0 Å². The zero-order chi connectivity index (χ0) is 22.9. The number of benzene rings is 2. The fourth-order valence-electron chi connectivity index (χ4n) is 3.56. The van der Waals surface area contributed by atoms with E-state index in [9.17, 15) is 13.2 Å². The summed E-state index contributed by atoms with van der Waals surface area (Å²) >= 11 is 0. The minimum atomic E-state index is -3.51. The number of likely N-dealkylation sites (N-methyl/N-ethyl adjacent to an activating group) is 1. The maximum Gasteiger partial charge on any atom is 0.253 e. The molecule has 0 aliphatic carbocycles. The van der Waals surface area contributed by atoms with Crippen LogP contribution in [0.25, 0.3) is 11.0 Å². The van der Waals surface area contributed by atoms with Gasteiger partial charge >= 0.3 is 0 Å². The van der Waals surface area contributed by atoms with Gasteiger partial charge in [0, 0.05) is 51.2 Å². The van der Waals surface area contributed by atoms with Crippen molar-refractivity contribution in [1.29, 1.82) is 0 Å². The Morgan fingerprint density at radius 3 is 2.38 bits per heavy atom. The molecule has 0 N–H and O–H groups in total. The van der Waals surface area contributed by atoms with Gasteiger partial charge in [0.1, 0.15) is 23.7 Å². The average Bonchev–Trinajstić information content (AvgIpc) is 3.20. The van der Waals surface area contributed by atoms with Crippen LogP contribution in [-0.2, 0) is 16.6 Å². The lowest BCUT2D eigenvalue weighted by Crippen LogP contribution is -2.47. The standard InChI is InChI=1S/C23H27N3O5S/c1-24(2)32(28,29)21-8-9-22-18(15-21)14-20(31-22)16-30-19-6-4-17(5-7-19)23(27)26-12-10-25(3)11-13-26/h4-9,14-15H,10-13,16H2,1-3H3. The first-order valence-electron chi connectivity index (χ1n) is 10.4. The van der Waals surface area contributed by atoms with E-state index >= 15 is 0 Å². The van der Waals surface area contributed by atoms with E-state index in [0.29, 0.717) is 28.0 Å². The third-order valence-corrected chi connectivity index (χ3v) is 7.40. The van der Waals surface area contributed by atoms with E-state index in [-0.39, 0.29) is 17.4 Å². The maximum absolute atomic E-state index is 12.6. The number of nitrogens with zero attached hydrogens (tertiary/aromatic N) is 3. The normalized spacial score (nSPS) is 15.4. The SMILES string of the molecule is CN1CCN(C(=O)c2ccc(OCc3cc4cc(S(=O)(=O)N(C)C)ccc4o3)cc2)CC1. The van der Waals surface area contributed by atoms with Gasteiger partial charge in [-0.05, 0) is 55.6 Å². The number of carbonyl (C=O) groups is 1. The molecule has 2 aromatic carbocycles. The molecule has 0 atom stereocenters. The molecular formula is C23H27N3O5S. The number of ether oxygens (including phenoxy) is 1. The van der Waals surface area contributed by atoms with E-state index in [4.69, 9.17) is 9.15 Å². The fourth-order valence-corrected chi connectivity index (χ4v) is 4.50. The Hall–Kier alpha value is -2.88. The van der Waals surface area contributed by atoms with E-state index < -0.39 is 10.0 Å². The zero-order valence-electron chi connectivity index (χ0n) is 18.4. The summed E-state index contributed by atoms with van der Waals surface area (Å²) in [6.07, 6.45) is 0. The van der Waals surface area contributed by atoms with E-state index in [1.54, 1.807) is 42.5 Å². The summed E-state index contributed by atoms with van der Waals surface area (Å²) in [5.74, 6) is 1.23. The van der Waals surface area contributed by atoms with Crippen molar-refractivity contribution in [3.8, 4) is 5.75 Å². The van der Waals surface area contributed by atoms with Gasteiger partial charge in [-0.3, -0.25) is 4.79 Å². The number of fused-ring (bicyclic) bond motifs is 1. The van der Waals surface area contributed by atoms with E-state index in [1.807, 2.05) is 4.90 Å². The topological polar surface area (TPSA) is 83.3 Å². The summed E-state index contributed by atoms with van der Waals surface area (Å²) in [5, 5.41) is 0.694. The van der Waals surface area contributed by atoms with E-state index in [1.165, 1.54) is 24.5 Å². The Kier molecular flexibility index (Phi) is 6.23. The van der Waals surface area contributed by atoms with Gasteiger partial charge in [-0.15, -0.1) is 0 Å². The second-order valence-electron chi connectivity index (χ2n) is 8.11. The van der Waals surface area contributed by atoms with Crippen molar-refractivity contribution in [2.75, 3.05) is 47.3 Å². The van der Waals surface area contributed by atoms with Crippen molar-refractivity contribution < 1.29 is 22.4 Å². The maximum atomic E-state index is 12.6. The Morgan fingerprint density at radius 2 is 1.72 bits per heavy atom. The smallest absolute Gasteiger partial charge is 0.253 e. The molecule has 1 fully saturated rings. The van der Waals surface area contributed by atoms with Crippen LogP contribution in [0.4, 0.5) is 0 Å². The third-order valence-electron chi connectivity index (χ3n) is 5.59. The van der Waals surface area contributed by atoms with Crippen LogP contribution in [-0.4, -0.2) is 75.8 Å². The number of rotatable bonds is 6. The van der Waals surface area contributed by atoms with Gasteiger partial charge in [0.25, 0.3) is 5.91 Å². The largest absolute Gasteiger partial charge is 0.486 e. The molecule has 0 saturated carbocycles. The Morgan fingerprint density at radius 1 is 1.03 bits per heavy atom. The first-order chi connectivity index (χ1) is 15.2. The van der Waals surface area contributed by atoms with Gasteiger partial charge in [-0.25, -0.2) is 12.7 Å².